The number of carbonyl (C=O) groups is 1. The summed E-state index contributed by atoms with van der Waals surface area (Å²) in [5.74, 6) is 2.95. The van der Waals surface area contributed by atoms with Crippen LogP contribution in [0.4, 0.5) is 0 Å². The van der Waals surface area contributed by atoms with E-state index in [0.29, 0.717) is 61.8 Å². The predicted octanol–water partition coefficient (Wildman–Crippen LogP) is 2.36. The molecule has 4 bridgehead atoms. The van der Waals surface area contributed by atoms with Crippen molar-refractivity contribution in [3.63, 3.8) is 0 Å². The summed E-state index contributed by atoms with van der Waals surface area (Å²) >= 11 is 0. The molecule has 0 N–H and O–H groups in total. The van der Waals surface area contributed by atoms with Gasteiger partial charge in [0.2, 0.25) is 0 Å². The van der Waals surface area contributed by atoms with Crippen LogP contribution in [-0.4, -0.2) is 50.4 Å². The molecule has 6 heteroatoms. The summed E-state index contributed by atoms with van der Waals surface area (Å²) in [5, 5.41) is 0. The third-order valence-corrected chi connectivity index (χ3v) is 13.2. The van der Waals surface area contributed by atoms with Crippen LogP contribution in [0.25, 0.3) is 0 Å². The van der Waals surface area contributed by atoms with E-state index in [0.717, 1.165) is 6.42 Å². The van der Waals surface area contributed by atoms with Gasteiger partial charge >= 0.3 is 0 Å². The van der Waals surface area contributed by atoms with Crippen LogP contribution in [0.2, 0.25) is 0 Å². The number of Topliss-reactive ketones (excluding diaryl/α,β-unsaturated/α-hetero) is 1. The number of carbonyl (C=O) groups excluding carboxylic acids is 1. The fourth-order valence-corrected chi connectivity index (χ4v) is 13.5. The molecule has 34 heavy (non-hydrogen) atoms. The van der Waals surface area contributed by atoms with E-state index < -0.39 is 11.2 Å². The molecule has 7 aliphatic carbocycles. The van der Waals surface area contributed by atoms with Gasteiger partial charge in [0.05, 0.1) is 37.9 Å². The Morgan fingerprint density at radius 1 is 0.794 bits per heavy atom. The Hall–Kier alpha value is -1.31. The van der Waals surface area contributed by atoms with Gasteiger partial charge in [-0.15, -0.1) is 0 Å². The normalized spacial score (nSPS) is 63.7. The molecule has 1 aromatic carbocycles. The quantitative estimate of drug-likeness (QED) is 0.632. The summed E-state index contributed by atoms with van der Waals surface area (Å²) in [6.07, 6.45) is 2.07. The number of benzene rings is 1. The lowest BCUT2D eigenvalue weighted by molar-refractivity contribution is -0.390. The van der Waals surface area contributed by atoms with Gasteiger partial charge in [-0.25, -0.2) is 0 Å². The number of hydrogen-bond donors (Lipinski definition) is 0. The molecule has 0 aromatic heterocycles. The van der Waals surface area contributed by atoms with Crippen molar-refractivity contribution in [2.24, 2.45) is 64.1 Å². The zero-order chi connectivity index (χ0) is 21.8. The van der Waals surface area contributed by atoms with E-state index in [1.165, 1.54) is 12.0 Å². The Morgan fingerprint density at radius 3 is 2.38 bits per heavy atom. The molecule has 10 aliphatic rings. The second kappa shape index (κ2) is 4.95. The minimum Gasteiger partial charge on any atom is -0.360 e. The van der Waals surface area contributed by atoms with Crippen molar-refractivity contribution >= 4 is 5.78 Å². The lowest BCUT2D eigenvalue weighted by atomic mass is 9.28. The van der Waals surface area contributed by atoms with Gasteiger partial charge in [-0.1, -0.05) is 30.3 Å². The van der Waals surface area contributed by atoms with Crippen molar-refractivity contribution in [2.45, 2.75) is 36.6 Å². The monoisotopic (exact) mass is 460 g/mol. The van der Waals surface area contributed by atoms with Crippen LogP contribution in [0.3, 0.4) is 0 Å². The molecule has 10 fully saturated rings. The molecule has 0 amide bonds. The van der Waals surface area contributed by atoms with Crippen molar-refractivity contribution in [2.75, 3.05) is 26.4 Å². The van der Waals surface area contributed by atoms with E-state index >= 15 is 0 Å². The fraction of sp³-hybridized carbons (Fsp3) is 0.750. The molecule has 3 aliphatic heterocycles. The fourth-order valence-electron chi connectivity index (χ4n) is 13.5. The van der Waals surface area contributed by atoms with Gasteiger partial charge in [0, 0.05) is 35.0 Å². The molecule has 176 valence electrons. The van der Waals surface area contributed by atoms with Crippen LogP contribution in [-0.2, 0) is 34.1 Å². The maximum Gasteiger partial charge on any atom is 0.179 e. The maximum absolute atomic E-state index is 14.8. The smallest absolute Gasteiger partial charge is 0.179 e. The summed E-state index contributed by atoms with van der Waals surface area (Å²) in [7, 11) is 0. The van der Waals surface area contributed by atoms with E-state index in [4.69, 9.17) is 23.7 Å². The van der Waals surface area contributed by atoms with E-state index in [2.05, 4.69) is 30.3 Å². The average molecular weight is 461 g/mol. The lowest BCUT2D eigenvalue weighted by Crippen LogP contribution is -2.81. The summed E-state index contributed by atoms with van der Waals surface area (Å²) in [6.45, 7) is 2.52. The molecule has 13 atom stereocenters. The van der Waals surface area contributed by atoms with Crippen molar-refractivity contribution in [1.82, 2.24) is 0 Å². The van der Waals surface area contributed by atoms with E-state index in [-0.39, 0.29) is 47.1 Å². The van der Waals surface area contributed by atoms with Crippen molar-refractivity contribution in [3.8, 4) is 0 Å². The summed E-state index contributed by atoms with van der Waals surface area (Å²) in [4.78, 5) is 14.8. The van der Waals surface area contributed by atoms with Crippen molar-refractivity contribution in [1.29, 1.82) is 0 Å². The van der Waals surface area contributed by atoms with Crippen LogP contribution < -0.4 is 0 Å². The maximum atomic E-state index is 14.8. The first-order chi connectivity index (χ1) is 16.7. The third-order valence-electron chi connectivity index (χ3n) is 13.2. The number of epoxide rings is 1. The second-order valence-electron chi connectivity index (χ2n) is 12.9. The van der Waals surface area contributed by atoms with Crippen LogP contribution in [0, 0.1) is 64.1 Å². The van der Waals surface area contributed by atoms with Crippen molar-refractivity contribution < 1.29 is 28.5 Å². The highest BCUT2D eigenvalue weighted by molar-refractivity contribution is 5.97. The first-order valence-electron chi connectivity index (χ1n) is 13.5. The van der Waals surface area contributed by atoms with Crippen LogP contribution in [0.1, 0.15) is 18.4 Å². The molecule has 0 radical (unpaired) electrons. The SMILES string of the molecule is O=C1[C@@H]2[C@H]3C[C@H]4[C@@H]2C2(OCCO2)[C@]25[C@H]4[C@H]3[C@]12[C@@H](C1OCCO1)[C@@H]1C[C@H]5[C@H]2O[C@]21c1ccccc1. The summed E-state index contributed by atoms with van der Waals surface area (Å²) < 4.78 is 33.2. The second-order valence-corrected chi connectivity index (χ2v) is 12.9. The van der Waals surface area contributed by atoms with Crippen LogP contribution >= 0.6 is 0 Å². The number of ketones is 1. The lowest BCUT2D eigenvalue weighted by Gasteiger charge is -2.75. The molecule has 1 aromatic rings. The number of rotatable bonds is 2. The molecule has 3 spiro atoms. The highest BCUT2D eigenvalue weighted by Crippen LogP contribution is 3.01. The minimum absolute atomic E-state index is 0.0164. The Bertz CT molecular complexity index is 1190. The van der Waals surface area contributed by atoms with Gasteiger partial charge in [-0.2, -0.15) is 0 Å². The molecule has 3 heterocycles. The number of hydrogen-bond acceptors (Lipinski definition) is 6. The van der Waals surface area contributed by atoms with Gasteiger partial charge in [0.15, 0.2) is 12.1 Å². The van der Waals surface area contributed by atoms with Gasteiger partial charge in [0.1, 0.15) is 11.4 Å². The Labute approximate surface area is 197 Å². The Kier molecular flexibility index (Phi) is 2.62. The van der Waals surface area contributed by atoms with Gasteiger partial charge in [-0.05, 0) is 42.1 Å². The first kappa shape index (κ1) is 18.0. The largest absolute Gasteiger partial charge is 0.360 e. The first-order valence-corrected chi connectivity index (χ1v) is 13.5. The van der Waals surface area contributed by atoms with E-state index in [1.807, 2.05) is 0 Å². The topological polar surface area (TPSA) is 66.5 Å². The van der Waals surface area contributed by atoms with E-state index in [1.54, 1.807) is 0 Å². The molecule has 7 saturated carbocycles. The summed E-state index contributed by atoms with van der Waals surface area (Å²) in [5.41, 5.74) is 0.233. The molecule has 3 saturated heterocycles. The van der Waals surface area contributed by atoms with Gasteiger partial charge < -0.3 is 23.7 Å². The zero-order valence-electron chi connectivity index (χ0n) is 18.9. The van der Waals surface area contributed by atoms with Gasteiger partial charge in [0.25, 0.3) is 0 Å². The zero-order valence-corrected chi connectivity index (χ0v) is 18.9. The van der Waals surface area contributed by atoms with Crippen molar-refractivity contribution in [3.05, 3.63) is 35.9 Å². The van der Waals surface area contributed by atoms with E-state index in [9.17, 15) is 4.79 Å². The van der Waals surface area contributed by atoms with Gasteiger partial charge in [-0.3, -0.25) is 4.79 Å². The molecule has 6 nitrogen and oxygen atoms in total. The molecule has 0 unspecified atom stereocenters. The van der Waals surface area contributed by atoms with Crippen LogP contribution in [0.5, 0.6) is 0 Å². The molecule has 11 rings (SSSR count). The predicted molar refractivity (Wildman–Crippen MR) is 114 cm³/mol. The third kappa shape index (κ3) is 1.27. The number of ether oxygens (including phenoxy) is 5. The Morgan fingerprint density at radius 2 is 1.59 bits per heavy atom. The minimum atomic E-state index is -0.603. The highest BCUT2D eigenvalue weighted by Gasteiger charge is 3.06. The summed E-state index contributed by atoms with van der Waals surface area (Å²) in [6, 6.07) is 10.8. The molecular formula is C28H28O6. The molecular weight excluding hydrogens is 432 g/mol. The average Bonchev–Trinajstić information content (AvgIpc) is 3.46. The highest BCUT2D eigenvalue weighted by atomic mass is 16.7. The number of fused-ring (bicyclic) bond motifs is 2. The standard InChI is InChI=1S/C28H28O6/c29-22-17-13-10-14-18(17)28(32-8-9-33-28)27-16-11-15(26(23(16)34-26)12-4-2-1-3-5-12)21(24-30-6-7-31-24)25(22,27)19(13)20(14)27/h1-5,13-21,23-24H,6-11H2/t13-,14+,15+,16+,17-,18+,19+,20-,21-,23-,25+,26+,27-/m1/s1. The Balaban J connectivity index is 1.23. The van der Waals surface area contributed by atoms with Crippen LogP contribution in [0.15, 0.2) is 30.3 Å².